The summed E-state index contributed by atoms with van der Waals surface area (Å²) in [7, 11) is 0. The van der Waals surface area contributed by atoms with Crippen molar-refractivity contribution in [3.8, 4) is 5.75 Å². The molecule has 4 nitrogen and oxygen atoms in total. The third kappa shape index (κ3) is 3.83. The highest BCUT2D eigenvalue weighted by Crippen LogP contribution is 2.30. The number of nitrogens with one attached hydrogen (secondary N) is 1. The molecule has 0 bridgehead atoms. The Kier molecular flexibility index (Phi) is 5.28. The fourth-order valence-corrected chi connectivity index (χ4v) is 3.19. The third-order valence-electron chi connectivity index (χ3n) is 4.42. The lowest BCUT2D eigenvalue weighted by Crippen LogP contribution is -2.40. The number of hydrogen-bond donors (Lipinski definition) is 1. The second kappa shape index (κ2) is 7.60. The van der Waals surface area contributed by atoms with Crippen molar-refractivity contribution in [1.82, 2.24) is 10.4 Å². The van der Waals surface area contributed by atoms with E-state index in [1.807, 2.05) is 37.3 Å². The van der Waals surface area contributed by atoms with Gasteiger partial charge in [-0.2, -0.15) is 0 Å². The van der Waals surface area contributed by atoms with Gasteiger partial charge in [0.15, 0.2) is 0 Å². The zero-order chi connectivity index (χ0) is 16.9. The van der Waals surface area contributed by atoms with E-state index < -0.39 is 0 Å². The van der Waals surface area contributed by atoms with E-state index in [0.717, 1.165) is 18.7 Å². The second-order valence-corrected chi connectivity index (χ2v) is 6.16. The van der Waals surface area contributed by atoms with Gasteiger partial charge in [0.05, 0.1) is 12.6 Å². The largest absolute Gasteiger partial charge is 0.494 e. The molecule has 0 aromatic heterocycles. The number of benzene rings is 2. The summed E-state index contributed by atoms with van der Waals surface area (Å²) in [5, 5.41) is 2.07. The highest BCUT2D eigenvalue weighted by molar-refractivity contribution is 5.81. The van der Waals surface area contributed by atoms with Crippen LogP contribution >= 0.6 is 0 Å². The first-order valence-electron chi connectivity index (χ1n) is 8.47. The van der Waals surface area contributed by atoms with Gasteiger partial charge in [-0.1, -0.05) is 42.5 Å². The summed E-state index contributed by atoms with van der Waals surface area (Å²) in [6.45, 7) is 5.03. The Bertz CT molecular complexity index is 670. The van der Waals surface area contributed by atoms with Crippen LogP contribution in [0.25, 0.3) is 0 Å². The van der Waals surface area contributed by atoms with E-state index in [1.165, 1.54) is 11.1 Å². The predicted molar refractivity (Wildman–Crippen MR) is 94.6 cm³/mol. The molecule has 2 aromatic carbocycles. The van der Waals surface area contributed by atoms with Gasteiger partial charge in [-0.15, -0.1) is 0 Å². The van der Waals surface area contributed by atoms with Crippen molar-refractivity contribution < 1.29 is 9.53 Å². The van der Waals surface area contributed by atoms with Gasteiger partial charge in [-0.05, 0) is 43.5 Å². The van der Waals surface area contributed by atoms with E-state index in [9.17, 15) is 4.79 Å². The molecule has 0 radical (unpaired) electrons. The lowest BCUT2D eigenvalue weighted by molar-refractivity contribution is -0.122. The van der Waals surface area contributed by atoms with Crippen LogP contribution in [0.2, 0.25) is 0 Å². The molecule has 0 aliphatic carbocycles. The van der Waals surface area contributed by atoms with Crippen LogP contribution in [0.1, 0.15) is 37.4 Å². The van der Waals surface area contributed by atoms with Crippen molar-refractivity contribution in [2.24, 2.45) is 0 Å². The first-order valence-corrected chi connectivity index (χ1v) is 8.47. The summed E-state index contributed by atoms with van der Waals surface area (Å²) in [4.78, 5) is 12.1. The Morgan fingerprint density at radius 2 is 1.88 bits per heavy atom. The molecule has 3 rings (SSSR count). The fourth-order valence-electron chi connectivity index (χ4n) is 3.19. The van der Waals surface area contributed by atoms with Crippen molar-refractivity contribution in [3.63, 3.8) is 0 Å². The number of Topliss-reactive ketones (excluding diaryl/α,β-unsaturated/α-hetero) is 1. The number of ketones is 1. The molecule has 0 spiro atoms. The molecule has 2 atom stereocenters. The number of nitrogens with zero attached hydrogens (tertiary/aromatic N) is 1. The predicted octanol–water partition coefficient (Wildman–Crippen LogP) is 3.49. The highest BCUT2D eigenvalue weighted by atomic mass is 16.5. The van der Waals surface area contributed by atoms with Crippen LogP contribution < -0.4 is 10.2 Å². The van der Waals surface area contributed by atoms with E-state index in [2.05, 4.69) is 34.7 Å². The monoisotopic (exact) mass is 324 g/mol. The summed E-state index contributed by atoms with van der Waals surface area (Å²) in [5.74, 6) is 1.08. The first kappa shape index (κ1) is 16.7. The Labute approximate surface area is 143 Å². The molecule has 2 aromatic rings. The van der Waals surface area contributed by atoms with Gasteiger partial charge in [-0.25, -0.2) is 10.4 Å². The lowest BCUT2D eigenvalue weighted by atomic mass is 10.00. The van der Waals surface area contributed by atoms with E-state index in [0.29, 0.717) is 6.61 Å². The zero-order valence-electron chi connectivity index (χ0n) is 14.2. The van der Waals surface area contributed by atoms with Crippen LogP contribution in [0.5, 0.6) is 5.75 Å². The normalized spacial score (nSPS) is 20.9. The van der Waals surface area contributed by atoms with Crippen molar-refractivity contribution in [2.45, 2.75) is 38.9 Å². The van der Waals surface area contributed by atoms with Gasteiger partial charge in [-0.3, -0.25) is 4.79 Å². The number of carbonyl (C=O) groups excluding carboxylic acids is 1. The van der Waals surface area contributed by atoms with Crippen LogP contribution in [0.15, 0.2) is 54.6 Å². The summed E-state index contributed by atoms with van der Waals surface area (Å²) in [5.41, 5.74) is 5.89. The van der Waals surface area contributed by atoms with Crippen molar-refractivity contribution >= 4 is 5.78 Å². The summed E-state index contributed by atoms with van der Waals surface area (Å²) < 4.78 is 5.50. The number of carbonyl (C=O) groups is 1. The zero-order valence-corrected chi connectivity index (χ0v) is 14.2. The molecule has 0 saturated carbocycles. The molecule has 126 valence electrons. The van der Waals surface area contributed by atoms with E-state index in [-0.39, 0.29) is 17.9 Å². The smallest absolute Gasteiger partial charge is 0.148 e. The number of rotatable bonds is 6. The number of hydrazine groups is 1. The van der Waals surface area contributed by atoms with Gasteiger partial charge in [0.25, 0.3) is 0 Å². The van der Waals surface area contributed by atoms with Crippen LogP contribution in [0, 0.1) is 0 Å². The molecule has 1 saturated heterocycles. The number of hydrogen-bond acceptors (Lipinski definition) is 4. The minimum absolute atomic E-state index is 0.0956. The Hall–Kier alpha value is -2.17. The first-order chi connectivity index (χ1) is 11.7. The quantitative estimate of drug-likeness (QED) is 0.883. The lowest BCUT2D eigenvalue weighted by Gasteiger charge is -2.22. The van der Waals surface area contributed by atoms with Gasteiger partial charge in [0, 0.05) is 12.6 Å². The van der Waals surface area contributed by atoms with Gasteiger partial charge < -0.3 is 4.74 Å². The van der Waals surface area contributed by atoms with Gasteiger partial charge >= 0.3 is 0 Å². The van der Waals surface area contributed by atoms with E-state index in [1.54, 1.807) is 6.92 Å². The minimum Gasteiger partial charge on any atom is -0.494 e. The molecule has 1 aliphatic heterocycles. The SMILES string of the molecule is CCOc1ccc(C2CC(C(C)=O)N(Cc3ccccc3)N2)cc1. The Morgan fingerprint density at radius 3 is 2.50 bits per heavy atom. The summed E-state index contributed by atoms with van der Waals surface area (Å²) in [6, 6.07) is 18.4. The molecule has 1 aliphatic rings. The average molecular weight is 324 g/mol. The maximum absolute atomic E-state index is 12.1. The van der Waals surface area contributed by atoms with Crippen LogP contribution in [0.3, 0.4) is 0 Å². The van der Waals surface area contributed by atoms with Crippen molar-refractivity contribution in [1.29, 1.82) is 0 Å². The van der Waals surface area contributed by atoms with E-state index >= 15 is 0 Å². The molecule has 1 heterocycles. The summed E-state index contributed by atoms with van der Waals surface area (Å²) >= 11 is 0. The molecular weight excluding hydrogens is 300 g/mol. The summed E-state index contributed by atoms with van der Waals surface area (Å²) in [6.07, 6.45) is 0.788. The van der Waals surface area contributed by atoms with Crippen LogP contribution in [-0.2, 0) is 11.3 Å². The molecule has 1 N–H and O–H groups in total. The maximum Gasteiger partial charge on any atom is 0.148 e. The average Bonchev–Trinajstić information content (AvgIpc) is 3.01. The molecule has 2 unspecified atom stereocenters. The van der Waals surface area contributed by atoms with Crippen LogP contribution in [-0.4, -0.2) is 23.4 Å². The molecule has 0 amide bonds. The minimum atomic E-state index is -0.0956. The second-order valence-electron chi connectivity index (χ2n) is 6.16. The highest BCUT2D eigenvalue weighted by Gasteiger charge is 2.35. The maximum atomic E-state index is 12.1. The molecule has 24 heavy (non-hydrogen) atoms. The van der Waals surface area contributed by atoms with E-state index in [4.69, 9.17) is 4.74 Å². The van der Waals surface area contributed by atoms with Gasteiger partial charge in [0.2, 0.25) is 0 Å². The van der Waals surface area contributed by atoms with Crippen LogP contribution in [0.4, 0.5) is 0 Å². The topological polar surface area (TPSA) is 41.6 Å². The fraction of sp³-hybridized carbons (Fsp3) is 0.350. The standard InChI is InChI=1S/C20H24N2O2/c1-3-24-18-11-9-17(10-12-18)19-13-20(15(2)23)22(21-19)14-16-7-5-4-6-8-16/h4-12,19-21H,3,13-14H2,1-2H3. The Morgan fingerprint density at radius 1 is 1.17 bits per heavy atom. The van der Waals surface area contributed by atoms with Crippen molar-refractivity contribution in [2.75, 3.05) is 6.61 Å². The molecular formula is C20H24N2O2. The molecule has 1 fully saturated rings. The van der Waals surface area contributed by atoms with Crippen molar-refractivity contribution in [3.05, 3.63) is 65.7 Å². The molecule has 4 heteroatoms. The van der Waals surface area contributed by atoms with Gasteiger partial charge in [0.1, 0.15) is 11.5 Å². The third-order valence-corrected chi connectivity index (χ3v) is 4.42. The Balaban J connectivity index is 1.73. The number of ether oxygens (including phenoxy) is 1.